The van der Waals surface area contributed by atoms with Gasteiger partial charge in [-0.3, -0.25) is 4.79 Å². The number of hydrogen-bond acceptors (Lipinski definition) is 5. The van der Waals surface area contributed by atoms with Crippen LogP contribution >= 0.6 is 23.4 Å². The fourth-order valence-corrected chi connectivity index (χ4v) is 3.83. The molecule has 0 unspecified atom stereocenters. The number of benzene rings is 2. The van der Waals surface area contributed by atoms with E-state index in [4.69, 9.17) is 16.3 Å². The van der Waals surface area contributed by atoms with E-state index < -0.39 is 0 Å². The molecule has 0 bridgehead atoms. The Labute approximate surface area is 183 Å². The van der Waals surface area contributed by atoms with E-state index in [0.717, 1.165) is 33.1 Å². The Balaban J connectivity index is 1.40. The second-order valence-electron chi connectivity index (χ2n) is 6.51. The van der Waals surface area contributed by atoms with Gasteiger partial charge in [-0.25, -0.2) is 9.50 Å². The highest BCUT2D eigenvalue weighted by Crippen LogP contribution is 2.26. The first kappa shape index (κ1) is 20.3. The van der Waals surface area contributed by atoms with E-state index in [1.54, 1.807) is 24.0 Å². The number of thioether (sulfide) groups is 1. The van der Waals surface area contributed by atoms with Crippen LogP contribution in [-0.4, -0.2) is 33.4 Å². The van der Waals surface area contributed by atoms with Gasteiger partial charge in [0.1, 0.15) is 10.8 Å². The number of hydrogen-bond donors (Lipinski definition) is 1. The lowest BCUT2D eigenvalue weighted by molar-refractivity contribution is -0.118. The zero-order valence-electron chi connectivity index (χ0n) is 16.2. The van der Waals surface area contributed by atoms with Crippen molar-refractivity contribution in [2.45, 2.75) is 11.6 Å². The van der Waals surface area contributed by atoms with Gasteiger partial charge >= 0.3 is 0 Å². The van der Waals surface area contributed by atoms with Gasteiger partial charge in [-0.15, -0.1) is 0 Å². The quantitative estimate of drug-likeness (QED) is 0.431. The van der Waals surface area contributed by atoms with Crippen LogP contribution in [0, 0.1) is 0 Å². The Kier molecular flexibility index (Phi) is 6.21. The highest BCUT2D eigenvalue weighted by molar-refractivity contribution is 8.00. The minimum absolute atomic E-state index is 0.0583. The van der Waals surface area contributed by atoms with E-state index in [9.17, 15) is 4.79 Å². The first-order valence-electron chi connectivity index (χ1n) is 9.25. The lowest BCUT2D eigenvalue weighted by Gasteiger charge is -2.06. The SMILES string of the molecule is COc1ccc(CNC(=O)CSc2nccn3nc(-c4ccc(Cl)cc4)cc23)cc1. The molecule has 2 aromatic carbocycles. The van der Waals surface area contributed by atoms with Crippen LogP contribution in [0.5, 0.6) is 5.75 Å². The van der Waals surface area contributed by atoms with Crippen LogP contribution < -0.4 is 10.1 Å². The number of ether oxygens (including phenoxy) is 1. The fraction of sp³-hybridized carbons (Fsp3) is 0.136. The van der Waals surface area contributed by atoms with E-state index in [-0.39, 0.29) is 11.7 Å². The predicted octanol–water partition coefficient (Wildman–Crippen LogP) is 4.47. The van der Waals surface area contributed by atoms with Crippen molar-refractivity contribution in [3.8, 4) is 17.0 Å². The van der Waals surface area contributed by atoms with Crippen molar-refractivity contribution in [2.75, 3.05) is 12.9 Å². The summed E-state index contributed by atoms with van der Waals surface area (Å²) in [7, 11) is 1.63. The maximum Gasteiger partial charge on any atom is 0.230 e. The molecule has 152 valence electrons. The molecule has 0 aliphatic rings. The topological polar surface area (TPSA) is 68.5 Å². The summed E-state index contributed by atoms with van der Waals surface area (Å²) in [5.74, 6) is 1.00. The number of aromatic nitrogens is 3. The van der Waals surface area contributed by atoms with Crippen LogP contribution in [0.1, 0.15) is 5.56 Å². The molecule has 0 fully saturated rings. The second-order valence-corrected chi connectivity index (χ2v) is 7.91. The number of carbonyl (C=O) groups is 1. The molecule has 1 N–H and O–H groups in total. The molecule has 2 aromatic heterocycles. The number of halogens is 1. The van der Waals surface area contributed by atoms with Crippen molar-refractivity contribution in [2.24, 2.45) is 0 Å². The van der Waals surface area contributed by atoms with Gasteiger partial charge in [-0.2, -0.15) is 5.10 Å². The first-order valence-corrected chi connectivity index (χ1v) is 10.6. The van der Waals surface area contributed by atoms with E-state index in [0.29, 0.717) is 11.6 Å². The molecular formula is C22H19ClN4O2S. The molecule has 30 heavy (non-hydrogen) atoms. The number of rotatable bonds is 7. The Morgan fingerprint density at radius 1 is 1.17 bits per heavy atom. The molecule has 4 aromatic rings. The lowest BCUT2D eigenvalue weighted by atomic mass is 10.1. The molecule has 0 atom stereocenters. The van der Waals surface area contributed by atoms with Crippen molar-refractivity contribution >= 4 is 34.8 Å². The Bertz CT molecular complexity index is 1160. The van der Waals surface area contributed by atoms with E-state index in [2.05, 4.69) is 15.4 Å². The fourth-order valence-electron chi connectivity index (χ4n) is 2.90. The lowest BCUT2D eigenvalue weighted by Crippen LogP contribution is -2.24. The number of methoxy groups -OCH3 is 1. The summed E-state index contributed by atoms with van der Waals surface area (Å²) >= 11 is 7.36. The van der Waals surface area contributed by atoms with Crippen LogP contribution in [-0.2, 0) is 11.3 Å². The third-order valence-corrected chi connectivity index (χ3v) is 5.73. The summed E-state index contributed by atoms with van der Waals surface area (Å²) in [6, 6.07) is 17.1. The molecule has 4 rings (SSSR count). The molecule has 0 aliphatic heterocycles. The molecule has 0 saturated heterocycles. The maximum absolute atomic E-state index is 12.3. The van der Waals surface area contributed by atoms with Crippen molar-refractivity contribution in [3.05, 3.63) is 77.6 Å². The summed E-state index contributed by atoms with van der Waals surface area (Å²) in [6.07, 6.45) is 3.48. The van der Waals surface area contributed by atoms with Crippen molar-refractivity contribution in [1.29, 1.82) is 0 Å². The average Bonchev–Trinajstić information content (AvgIpc) is 3.22. The number of fused-ring (bicyclic) bond motifs is 1. The normalized spacial score (nSPS) is 10.9. The molecule has 0 spiro atoms. The molecular weight excluding hydrogens is 420 g/mol. The summed E-state index contributed by atoms with van der Waals surface area (Å²) in [4.78, 5) is 16.7. The van der Waals surface area contributed by atoms with Gasteiger partial charge in [-0.1, -0.05) is 47.6 Å². The number of amides is 1. The molecule has 1 amide bonds. The number of carbonyl (C=O) groups excluding carboxylic acids is 1. The molecule has 8 heteroatoms. The third-order valence-electron chi connectivity index (χ3n) is 4.48. The largest absolute Gasteiger partial charge is 0.497 e. The van der Waals surface area contributed by atoms with E-state index in [1.165, 1.54) is 11.8 Å². The highest BCUT2D eigenvalue weighted by Gasteiger charge is 2.11. The standard InChI is InChI=1S/C22H19ClN4O2S/c1-29-18-8-2-15(3-9-18)13-25-21(28)14-30-22-20-12-19(26-27(20)11-10-24-22)16-4-6-17(23)7-5-16/h2-12H,13-14H2,1H3,(H,25,28). The molecule has 0 saturated carbocycles. The smallest absolute Gasteiger partial charge is 0.230 e. The van der Waals surface area contributed by atoms with Gasteiger partial charge in [0.25, 0.3) is 0 Å². The summed E-state index contributed by atoms with van der Waals surface area (Å²) < 4.78 is 6.91. The average molecular weight is 439 g/mol. The van der Waals surface area contributed by atoms with Gasteiger partial charge < -0.3 is 10.1 Å². The monoisotopic (exact) mass is 438 g/mol. The summed E-state index contributed by atoms with van der Waals surface area (Å²) in [6.45, 7) is 0.467. The van der Waals surface area contributed by atoms with Crippen LogP contribution in [0.15, 0.2) is 72.0 Å². The molecule has 0 radical (unpaired) electrons. The Hall–Kier alpha value is -3.03. The molecule has 2 heterocycles. The predicted molar refractivity (Wildman–Crippen MR) is 119 cm³/mol. The Morgan fingerprint density at radius 2 is 1.93 bits per heavy atom. The Morgan fingerprint density at radius 3 is 2.67 bits per heavy atom. The zero-order chi connectivity index (χ0) is 20.9. The van der Waals surface area contributed by atoms with Gasteiger partial charge in [0.05, 0.1) is 24.1 Å². The van der Waals surface area contributed by atoms with Crippen molar-refractivity contribution in [1.82, 2.24) is 19.9 Å². The zero-order valence-corrected chi connectivity index (χ0v) is 17.8. The number of nitrogens with one attached hydrogen (secondary N) is 1. The number of nitrogens with zero attached hydrogens (tertiary/aromatic N) is 3. The van der Waals surface area contributed by atoms with Crippen LogP contribution in [0.2, 0.25) is 5.02 Å². The minimum Gasteiger partial charge on any atom is -0.497 e. The van der Waals surface area contributed by atoms with Gasteiger partial charge in [-0.05, 0) is 35.9 Å². The second kappa shape index (κ2) is 9.19. The van der Waals surface area contributed by atoms with Crippen molar-refractivity contribution in [3.63, 3.8) is 0 Å². The van der Waals surface area contributed by atoms with Crippen LogP contribution in [0.3, 0.4) is 0 Å². The minimum atomic E-state index is -0.0583. The first-order chi connectivity index (χ1) is 14.6. The summed E-state index contributed by atoms with van der Waals surface area (Å²) in [5, 5.41) is 8.96. The van der Waals surface area contributed by atoms with Crippen molar-refractivity contribution < 1.29 is 9.53 Å². The highest BCUT2D eigenvalue weighted by atomic mass is 35.5. The third kappa shape index (κ3) is 4.75. The van der Waals surface area contributed by atoms with Gasteiger partial charge in [0, 0.05) is 29.5 Å². The maximum atomic E-state index is 12.3. The van der Waals surface area contributed by atoms with Crippen LogP contribution in [0.25, 0.3) is 16.8 Å². The van der Waals surface area contributed by atoms with Gasteiger partial charge in [0.2, 0.25) is 5.91 Å². The van der Waals surface area contributed by atoms with E-state index >= 15 is 0 Å². The summed E-state index contributed by atoms with van der Waals surface area (Å²) in [5.41, 5.74) is 3.66. The van der Waals surface area contributed by atoms with Crippen LogP contribution in [0.4, 0.5) is 0 Å². The van der Waals surface area contributed by atoms with Gasteiger partial charge in [0.15, 0.2) is 0 Å². The van der Waals surface area contributed by atoms with E-state index in [1.807, 2.05) is 54.6 Å². The molecule has 0 aliphatic carbocycles. The molecule has 6 nitrogen and oxygen atoms in total.